The van der Waals surface area contributed by atoms with E-state index in [1.807, 2.05) is 36.4 Å². The lowest BCUT2D eigenvalue weighted by Crippen LogP contribution is -2.30. The highest BCUT2D eigenvalue weighted by Gasteiger charge is 2.14. The molecule has 1 rings (SSSR count). The number of carbonyl (C=O) groups is 1. The average molecular weight is 342 g/mol. The largest absolute Gasteiger partial charge is 0.350 e. The molecule has 0 aliphatic rings. The second-order valence-electron chi connectivity index (χ2n) is 3.37. The SMILES string of the molecule is CC(C)NC(=O)c1cc(I)c(F)cc1Cl. The third-order valence-electron chi connectivity index (χ3n) is 1.67. The molecule has 1 N–H and O–H groups in total. The summed E-state index contributed by atoms with van der Waals surface area (Å²) < 4.78 is 13.4. The number of amides is 1. The van der Waals surface area contributed by atoms with Crippen LogP contribution in [0.2, 0.25) is 5.02 Å². The van der Waals surface area contributed by atoms with Gasteiger partial charge in [0.25, 0.3) is 5.91 Å². The lowest BCUT2D eigenvalue weighted by molar-refractivity contribution is 0.0943. The number of hydrogen-bond donors (Lipinski definition) is 1. The maximum Gasteiger partial charge on any atom is 0.253 e. The van der Waals surface area contributed by atoms with E-state index in [4.69, 9.17) is 11.6 Å². The van der Waals surface area contributed by atoms with Crippen LogP contribution in [0, 0.1) is 9.39 Å². The number of halogens is 3. The fourth-order valence-electron chi connectivity index (χ4n) is 1.04. The van der Waals surface area contributed by atoms with Crippen LogP contribution in [0.4, 0.5) is 4.39 Å². The molecule has 0 saturated heterocycles. The van der Waals surface area contributed by atoms with E-state index in [1.54, 1.807) is 0 Å². The van der Waals surface area contributed by atoms with Gasteiger partial charge in [0.1, 0.15) is 5.82 Å². The van der Waals surface area contributed by atoms with Crippen molar-refractivity contribution in [1.82, 2.24) is 5.32 Å². The molecular formula is C10H10ClFINO. The van der Waals surface area contributed by atoms with Crippen molar-refractivity contribution >= 4 is 40.1 Å². The topological polar surface area (TPSA) is 29.1 Å². The van der Waals surface area contributed by atoms with Gasteiger partial charge in [-0.15, -0.1) is 0 Å². The van der Waals surface area contributed by atoms with Crippen molar-refractivity contribution in [2.75, 3.05) is 0 Å². The minimum Gasteiger partial charge on any atom is -0.350 e. The molecule has 2 nitrogen and oxygen atoms in total. The van der Waals surface area contributed by atoms with Crippen molar-refractivity contribution in [2.24, 2.45) is 0 Å². The maximum absolute atomic E-state index is 13.1. The Morgan fingerprint density at radius 1 is 1.53 bits per heavy atom. The molecule has 0 aromatic heterocycles. The van der Waals surface area contributed by atoms with Crippen LogP contribution in [0.1, 0.15) is 24.2 Å². The molecule has 1 aromatic carbocycles. The van der Waals surface area contributed by atoms with Gasteiger partial charge in [0.05, 0.1) is 10.6 Å². The molecule has 1 amide bonds. The maximum atomic E-state index is 13.1. The van der Waals surface area contributed by atoms with E-state index >= 15 is 0 Å². The smallest absolute Gasteiger partial charge is 0.253 e. The summed E-state index contributed by atoms with van der Waals surface area (Å²) in [6.45, 7) is 3.70. The summed E-state index contributed by atoms with van der Waals surface area (Å²) in [5, 5.41) is 2.83. The first-order chi connectivity index (χ1) is 6.91. The van der Waals surface area contributed by atoms with Crippen LogP contribution in [-0.4, -0.2) is 11.9 Å². The summed E-state index contributed by atoms with van der Waals surface area (Å²) in [4.78, 5) is 11.6. The van der Waals surface area contributed by atoms with Gasteiger partial charge in [-0.05, 0) is 48.6 Å². The highest BCUT2D eigenvalue weighted by Crippen LogP contribution is 2.22. The number of rotatable bonds is 2. The molecule has 0 heterocycles. The third-order valence-corrected chi connectivity index (χ3v) is 2.81. The summed E-state index contributed by atoms with van der Waals surface area (Å²) in [6.07, 6.45) is 0. The third kappa shape index (κ3) is 3.31. The first-order valence-electron chi connectivity index (χ1n) is 4.37. The molecule has 0 aliphatic carbocycles. The van der Waals surface area contributed by atoms with Gasteiger partial charge < -0.3 is 5.32 Å². The van der Waals surface area contributed by atoms with E-state index in [1.165, 1.54) is 6.07 Å². The monoisotopic (exact) mass is 341 g/mol. The van der Waals surface area contributed by atoms with Crippen LogP contribution in [0.15, 0.2) is 12.1 Å². The van der Waals surface area contributed by atoms with Crippen LogP contribution >= 0.6 is 34.2 Å². The average Bonchev–Trinajstić information content (AvgIpc) is 2.09. The standard InChI is InChI=1S/C10H10ClFINO/c1-5(2)14-10(15)6-3-9(13)8(12)4-7(6)11/h3-5H,1-2H3,(H,14,15). The molecule has 0 atom stereocenters. The fourth-order valence-corrected chi connectivity index (χ4v) is 1.74. The fraction of sp³-hybridized carbons (Fsp3) is 0.300. The van der Waals surface area contributed by atoms with Crippen molar-refractivity contribution in [3.8, 4) is 0 Å². The Hall–Kier alpha value is -0.360. The second kappa shape index (κ2) is 5.12. The zero-order valence-electron chi connectivity index (χ0n) is 8.27. The van der Waals surface area contributed by atoms with Crippen molar-refractivity contribution in [3.63, 3.8) is 0 Å². The Kier molecular flexibility index (Phi) is 4.33. The quantitative estimate of drug-likeness (QED) is 0.649. The first kappa shape index (κ1) is 12.7. The van der Waals surface area contributed by atoms with Crippen molar-refractivity contribution < 1.29 is 9.18 Å². The van der Waals surface area contributed by atoms with Gasteiger partial charge in [-0.25, -0.2) is 4.39 Å². The molecule has 5 heteroatoms. The summed E-state index contributed by atoms with van der Waals surface area (Å²) in [5.74, 6) is -0.699. The summed E-state index contributed by atoms with van der Waals surface area (Å²) in [5.41, 5.74) is 0.302. The Morgan fingerprint density at radius 3 is 2.67 bits per heavy atom. The Labute approximate surface area is 106 Å². The number of carbonyl (C=O) groups excluding carboxylic acids is 1. The second-order valence-corrected chi connectivity index (χ2v) is 4.94. The zero-order chi connectivity index (χ0) is 11.6. The summed E-state index contributed by atoms with van der Waals surface area (Å²) in [6, 6.07) is 2.62. The van der Waals surface area contributed by atoms with Gasteiger partial charge in [0.2, 0.25) is 0 Å². The van der Waals surface area contributed by atoms with Crippen LogP contribution in [0.25, 0.3) is 0 Å². The first-order valence-corrected chi connectivity index (χ1v) is 5.83. The van der Waals surface area contributed by atoms with E-state index in [0.717, 1.165) is 6.07 Å². The van der Waals surface area contributed by atoms with Gasteiger partial charge in [-0.1, -0.05) is 11.6 Å². The normalized spacial score (nSPS) is 10.5. The van der Waals surface area contributed by atoms with E-state index < -0.39 is 5.82 Å². The Bertz CT molecular complexity index is 395. The van der Waals surface area contributed by atoms with Crippen molar-refractivity contribution in [1.29, 1.82) is 0 Å². The minimum atomic E-state index is -0.415. The molecule has 82 valence electrons. The molecule has 0 fully saturated rings. The van der Waals surface area contributed by atoms with Gasteiger partial charge >= 0.3 is 0 Å². The molecule has 0 aliphatic heterocycles. The van der Waals surface area contributed by atoms with Crippen LogP contribution in [-0.2, 0) is 0 Å². The Morgan fingerprint density at radius 2 is 2.13 bits per heavy atom. The molecule has 0 saturated carbocycles. The van der Waals surface area contributed by atoms with Crippen LogP contribution in [0.5, 0.6) is 0 Å². The molecule has 0 unspecified atom stereocenters. The molecule has 1 aromatic rings. The van der Waals surface area contributed by atoms with Crippen molar-refractivity contribution in [2.45, 2.75) is 19.9 Å². The molecular weight excluding hydrogens is 331 g/mol. The lowest BCUT2D eigenvalue weighted by atomic mass is 10.2. The molecule has 15 heavy (non-hydrogen) atoms. The Balaban J connectivity index is 3.04. The summed E-state index contributed by atoms with van der Waals surface area (Å²) in [7, 11) is 0. The predicted octanol–water partition coefficient (Wildman–Crippen LogP) is 3.22. The zero-order valence-corrected chi connectivity index (χ0v) is 11.2. The van der Waals surface area contributed by atoms with Gasteiger partial charge in [0, 0.05) is 9.61 Å². The number of hydrogen-bond acceptors (Lipinski definition) is 1. The van der Waals surface area contributed by atoms with Gasteiger partial charge in [-0.2, -0.15) is 0 Å². The van der Waals surface area contributed by atoms with E-state index in [0.29, 0.717) is 9.13 Å². The van der Waals surface area contributed by atoms with Gasteiger partial charge in [-0.3, -0.25) is 4.79 Å². The van der Waals surface area contributed by atoms with E-state index in [9.17, 15) is 9.18 Å². The van der Waals surface area contributed by atoms with Gasteiger partial charge in [0.15, 0.2) is 0 Å². The predicted molar refractivity (Wildman–Crippen MR) is 66.7 cm³/mol. The summed E-state index contributed by atoms with van der Waals surface area (Å²) >= 11 is 7.60. The molecule has 0 radical (unpaired) electrons. The molecule has 0 bridgehead atoms. The van der Waals surface area contributed by atoms with Crippen molar-refractivity contribution in [3.05, 3.63) is 32.1 Å². The molecule has 0 spiro atoms. The van der Waals surface area contributed by atoms with Crippen LogP contribution < -0.4 is 5.32 Å². The van der Waals surface area contributed by atoms with E-state index in [2.05, 4.69) is 5.32 Å². The van der Waals surface area contributed by atoms with Crippen LogP contribution in [0.3, 0.4) is 0 Å². The highest BCUT2D eigenvalue weighted by atomic mass is 127. The minimum absolute atomic E-state index is 0.0243. The van der Waals surface area contributed by atoms with E-state index in [-0.39, 0.29) is 17.0 Å². The lowest BCUT2D eigenvalue weighted by Gasteiger charge is -2.10. The number of benzene rings is 1. The highest BCUT2D eigenvalue weighted by molar-refractivity contribution is 14.1. The number of nitrogens with one attached hydrogen (secondary N) is 1.